The molecule has 7 heteroatoms. The highest BCUT2D eigenvalue weighted by Gasteiger charge is 2.18. The number of guanidine groups is 1. The number of ether oxygens (including phenoxy) is 2. The first kappa shape index (κ1) is 22.0. The van der Waals surface area contributed by atoms with E-state index in [0.717, 1.165) is 44.9 Å². The van der Waals surface area contributed by atoms with Gasteiger partial charge >= 0.3 is 0 Å². The predicted octanol–water partition coefficient (Wildman–Crippen LogP) is 1.82. The standard InChI is InChI=1S/C20H38N4O3/c1-2-21-20(23-10-6-13-26-16-18-9-5-14-27-18)24-12-11-22-19(25)15-17-7-3-4-8-17/h17-18H,2-16H2,1H3,(H,22,25)(H2,21,23,24). The van der Waals surface area contributed by atoms with Crippen LogP contribution in [0.4, 0.5) is 0 Å². The van der Waals surface area contributed by atoms with Crippen LogP contribution in [0.15, 0.2) is 4.99 Å². The van der Waals surface area contributed by atoms with Crippen molar-refractivity contribution in [2.24, 2.45) is 10.9 Å². The van der Waals surface area contributed by atoms with E-state index in [1.807, 2.05) is 6.92 Å². The van der Waals surface area contributed by atoms with Gasteiger partial charge in [0.2, 0.25) is 5.91 Å². The van der Waals surface area contributed by atoms with Crippen LogP contribution in [0, 0.1) is 5.92 Å². The minimum absolute atomic E-state index is 0.175. The van der Waals surface area contributed by atoms with E-state index in [0.29, 0.717) is 38.6 Å². The van der Waals surface area contributed by atoms with Crippen LogP contribution in [-0.2, 0) is 14.3 Å². The molecule has 0 bridgehead atoms. The average Bonchev–Trinajstić information content (AvgIpc) is 3.35. The van der Waals surface area contributed by atoms with Crippen molar-refractivity contribution < 1.29 is 14.3 Å². The van der Waals surface area contributed by atoms with Gasteiger partial charge in [-0.05, 0) is 44.9 Å². The lowest BCUT2D eigenvalue weighted by Crippen LogP contribution is -2.41. The van der Waals surface area contributed by atoms with Crippen LogP contribution in [0.2, 0.25) is 0 Å². The van der Waals surface area contributed by atoms with E-state index in [4.69, 9.17) is 9.47 Å². The smallest absolute Gasteiger partial charge is 0.220 e. The largest absolute Gasteiger partial charge is 0.379 e. The van der Waals surface area contributed by atoms with Crippen LogP contribution < -0.4 is 16.0 Å². The molecule has 1 saturated heterocycles. The third kappa shape index (κ3) is 9.96. The first-order chi connectivity index (χ1) is 13.3. The summed E-state index contributed by atoms with van der Waals surface area (Å²) in [5.41, 5.74) is 0. The topological polar surface area (TPSA) is 84.0 Å². The van der Waals surface area contributed by atoms with E-state index in [1.165, 1.54) is 25.7 Å². The molecule has 2 fully saturated rings. The number of hydrogen-bond acceptors (Lipinski definition) is 4. The highest BCUT2D eigenvalue weighted by Crippen LogP contribution is 2.27. The Hall–Kier alpha value is -1.34. The molecule has 7 nitrogen and oxygen atoms in total. The van der Waals surface area contributed by atoms with Crippen LogP contribution in [0.5, 0.6) is 0 Å². The van der Waals surface area contributed by atoms with Crippen molar-refractivity contribution in [3.63, 3.8) is 0 Å². The molecule has 156 valence electrons. The summed E-state index contributed by atoms with van der Waals surface area (Å²) in [6.45, 7) is 7.16. The highest BCUT2D eigenvalue weighted by molar-refractivity contribution is 5.80. The molecule has 1 heterocycles. The number of carbonyl (C=O) groups excluding carboxylic acids is 1. The third-order valence-corrected chi connectivity index (χ3v) is 5.08. The quantitative estimate of drug-likeness (QED) is 0.272. The molecule has 1 amide bonds. The zero-order valence-electron chi connectivity index (χ0n) is 16.9. The molecule has 1 saturated carbocycles. The number of amides is 1. The molecule has 0 aromatic carbocycles. The first-order valence-corrected chi connectivity index (χ1v) is 10.8. The van der Waals surface area contributed by atoms with Crippen molar-refractivity contribution in [2.45, 2.75) is 64.4 Å². The number of nitrogens with zero attached hydrogens (tertiary/aromatic N) is 1. The van der Waals surface area contributed by atoms with Crippen LogP contribution in [0.3, 0.4) is 0 Å². The Morgan fingerprint density at radius 1 is 1.11 bits per heavy atom. The Bertz CT molecular complexity index is 433. The number of nitrogens with one attached hydrogen (secondary N) is 3. The second-order valence-corrected chi connectivity index (χ2v) is 7.46. The van der Waals surface area contributed by atoms with Gasteiger partial charge in [-0.2, -0.15) is 0 Å². The summed E-state index contributed by atoms with van der Waals surface area (Å²) in [6, 6.07) is 0. The molecule has 2 rings (SSSR count). The molecule has 0 aromatic heterocycles. The summed E-state index contributed by atoms with van der Waals surface area (Å²) in [5, 5.41) is 9.50. The van der Waals surface area contributed by atoms with Crippen LogP contribution in [0.25, 0.3) is 0 Å². The maximum Gasteiger partial charge on any atom is 0.220 e. The summed E-state index contributed by atoms with van der Waals surface area (Å²) >= 11 is 0. The van der Waals surface area contributed by atoms with Gasteiger partial charge in [-0.1, -0.05) is 12.8 Å². The number of hydrogen-bond donors (Lipinski definition) is 3. The molecule has 1 aliphatic heterocycles. The van der Waals surface area contributed by atoms with Crippen molar-refractivity contribution >= 4 is 11.9 Å². The minimum atomic E-state index is 0.175. The Labute approximate surface area is 164 Å². The van der Waals surface area contributed by atoms with Crippen LogP contribution in [-0.4, -0.2) is 64.0 Å². The van der Waals surface area contributed by atoms with E-state index in [2.05, 4.69) is 20.9 Å². The molecule has 27 heavy (non-hydrogen) atoms. The maximum atomic E-state index is 11.9. The fraction of sp³-hybridized carbons (Fsp3) is 0.900. The molecule has 0 spiro atoms. The third-order valence-electron chi connectivity index (χ3n) is 5.08. The Kier molecular flexibility index (Phi) is 11.2. The second-order valence-electron chi connectivity index (χ2n) is 7.46. The van der Waals surface area contributed by atoms with Gasteiger partial charge in [-0.15, -0.1) is 0 Å². The van der Waals surface area contributed by atoms with E-state index < -0.39 is 0 Å². The van der Waals surface area contributed by atoms with Gasteiger partial charge in [0.05, 0.1) is 12.7 Å². The fourth-order valence-corrected chi connectivity index (χ4v) is 3.62. The van der Waals surface area contributed by atoms with Crippen molar-refractivity contribution in [3.05, 3.63) is 0 Å². The molecule has 2 aliphatic rings. The first-order valence-electron chi connectivity index (χ1n) is 10.8. The van der Waals surface area contributed by atoms with Gasteiger partial charge < -0.3 is 25.4 Å². The maximum absolute atomic E-state index is 11.9. The molecule has 1 atom stereocenters. The van der Waals surface area contributed by atoms with E-state index >= 15 is 0 Å². The molecular formula is C20H38N4O3. The van der Waals surface area contributed by atoms with Gasteiger partial charge in [0.15, 0.2) is 5.96 Å². The molecule has 1 unspecified atom stereocenters. The molecule has 0 radical (unpaired) electrons. The normalized spacial score (nSPS) is 20.8. The summed E-state index contributed by atoms with van der Waals surface area (Å²) in [4.78, 5) is 16.5. The van der Waals surface area contributed by atoms with Crippen molar-refractivity contribution in [2.75, 3.05) is 46.0 Å². The van der Waals surface area contributed by atoms with Gasteiger partial charge in [-0.25, -0.2) is 0 Å². The molecule has 1 aliphatic carbocycles. The predicted molar refractivity (Wildman–Crippen MR) is 108 cm³/mol. The highest BCUT2D eigenvalue weighted by atomic mass is 16.5. The summed E-state index contributed by atoms with van der Waals surface area (Å²) in [5.74, 6) is 1.56. The lowest BCUT2D eigenvalue weighted by molar-refractivity contribution is -0.121. The van der Waals surface area contributed by atoms with Crippen molar-refractivity contribution in [1.29, 1.82) is 0 Å². The lowest BCUT2D eigenvalue weighted by Gasteiger charge is -2.13. The second kappa shape index (κ2) is 13.8. The number of carbonyl (C=O) groups is 1. The SMILES string of the molecule is CCNC(=NCCCOCC1CCCO1)NCCNC(=O)CC1CCCC1. The summed E-state index contributed by atoms with van der Waals surface area (Å²) in [7, 11) is 0. The van der Waals surface area contributed by atoms with Crippen molar-refractivity contribution in [1.82, 2.24) is 16.0 Å². The minimum Gasteiger partial charge on any atom is -0.379 e. The molecule has 0 aromatic rings. The van der Waals surface area contributed by atoms with Gasteiger partial charge in [0, 0.05) is 45.8 Å². The Balaban J connectivity index is 1.49. The lowest BCUT2D eigenvalue weighted by atomic mass is 10.0. The molecular weight excluding hydrogens is 344 g/mol. The van der Waals surface area contributed by atoms with E-state index in [1.54, 1.807) is 0 Å². The number of rotatable bonds is 12. The van der Waals surface area contributed by atoms with Gasteiger partial charge in [-0.3, -0.25) is 9.79 Å². The summed E-state index contributed by atoms with van der Waals surface area (Å²) in [6.07, 6.45) is 9.10. The average molecular weight is 383 g/mol. The fourth-order valence-electron chi connectivity index (χ4n) is 3.62. The Morgan fingerprint density at radius 3 is 2.67 bits per heavy atom. The Morgan fingerprint density at radius 2 is 1.93 bits per heavy atom. The van der Waals surface area contributed by atoms with Crippen LogP contribution in [0.1, 0.15) is 58.3 Å². The van der Waals surface area contributed by atoms with Crippen LogP contribution >= 0.6 is 0 Å². The monoisotopic (exact) mass is 382 g/mol. The zero-order valence-corrected chi connectivity index (χ0v) is 16.9. The van der Waals surface area contributed by atoms with E-state index in [-0.39, 0.29) is 12.0 Å². The number of aliphatic imine (C=N–C) groups is 1. The van der Waals surface area contributed by atoms with Crippen molar-refractivity contribution in [3.8, 4) is 0 Å². The molecule has 3 N–H and O–H groups in total. The zero-order chi connectivity index (χ0) is 19.2. The van der Waals surface area contributed by atoms with Gasteiger partial charge in [0.1, 0.15) is 0 Å². The van der Waals surface area contributed by atoms with E-state index in [9.17, 15) is 4.79 Å². The van der Waals surface area contributed by atoms with Gasteiger partial charge in [0.25, 0.3) is 0 Å². The summed E-state index contributed by atoms with van der Waals surface area (Å²) < 4.78 is 11.2.